The number of furan rings is 1. The van der Waals surface area contributed by atoms with Crippen LogP contribution in [-0.4, -0.2) is 37.0 Å². The minimum atomic E-state index is 0.0260. The highest BCUT2D eigenvalue weighted by molar-refractivity contribution is 5.91. The van der Waals surface area contributed by atoms with E-state index in [1.54, 1.807) is 18.4 Å². The van der Waals surface area contributed by atoms with E-state index >= 15 is 0 Å². The molecule has 1 spiro atoms. The number of benzene rings is 2. The molecule has 4 nitrogen and oxygen atoms in total. The molecule has 2 aliphatic heterocycles. The van der Waals surface area contributed by atoms with Gasteiger partial charge >= 0.3 is 0 Å². The van der Waals surface area contributed by atoms with E-state index in [4.69, 9.17) is 4.42 Å². The van der Waals surface area contributed by atoms with Crippen molar-refractivity contribution in [3.8, 4) is 11.1 Å². The van der Waals surface area contributed by atoms with Crippen LogP contribution in [0.15, 0.2) is 77.4 Å². The molecule has 2 saturated heterocycles. The van der Waals surface area contributed by atoms with E-state index < -0.39 is 0 Å². The van der Waals surface area contributed by atoms with E-state index in [-0.39, 0.29) is 5.91 Å². The number of carbonyl (C=O) groups is 1. The van der Waals surface area contributed by atoms with Gasteiger partial charge in [0.1, 0.15) is 0 Å². The van der Waals surface area contributed by atoms with Crippen LogP contribution in [0.5, 0.6) is 0 Å². The highest BCUT2D eigenvalue weighted by atomic mass is 16.3. The predicted molar refractivity (Wildman–Crippen MR) is 120 cm³/mol. The quantitative estimate of drug-likeness (QED) is 0.585. The Hall–Kier alpha value is -3.01. The fraction of sp³-hybridized carbons (Fsp3) is 0.346. The zero-order chi connectivity index (χ0) is 20.4. The van der Waals surface area contributed by atoms with Crippen LogP contribution in [-0.2, 0) is 0 Å². The van der Waals surface area contributed by atoms with Gasteiger partial charge in [0, 0.05) is 31.9 Å². The minimum Gasteiger partial charge on any atom is -0.459 e. The Bertz CT molecular complexity index is 989. The fourth-order valence-corrected chi connectivity index (χ4v) is 5.09. The van der Waals surface area contributed by atoms with Gasteiger partial charge in [-0.25, -0.2) is 0 Å². The van der Waals surface area contributed by atoms with Crippen molar-refractivity contribution in [1.82, 2.24) is 4.90 Å². The highest BCUT2D eigenvalue weighted by Crippen LogP contribution is 2.41. The first-order valence-corrected chi connectivity index (χ1v) is 11.0. The van der Waals surface area contributed by atoms with Crippen LogP contribution in [0.2, 0.25) is 0 Å². The smallest absolute Gasteiger partial charge is 0.289 e. The molecule has 3 heterocycles. The lowest BCUT2D eigenvalue weighted by molar-refractivity contribution is 0.0513. The first-order chi connectivity index (χ1) is 14.7. The Labute approximate surface area is 178 Å². The predicted octanol–water partition coefficient (Wildman–Crippen LogP) is 5.47. The molecule has 2 aromatic carbocycles. The molecule has 0 bridgehead atoms. The van der Waals surface area contributed by atoms with Gasteiger partial charge in [-0.15, -0.1) is 0 Å². The normalized spacial score (nSPS) is 18.5. The summed E-state index contributed by atoms with van der Waals surface area (Å²) in [4.78, 5) is 17.1. The third kappa shape index (κ3) is 3.74. The second kappa shape index (κ2) is 8.02. The lowest BCUT2D eigenvalue weighted by atomic mass is 9.72. The van der Waals surface area contributed by atoms with Crippen LogP contribution in [0, 0.1) is 5.41 Å². The summed E-state index contributed by atoms with van der Waals surface area (Å²) >= 11 is 0. The van der Waals surface area contributed by atoms with Crippen LogP contribution in [0.4, 0.5) is 5.69 Å². The second-order valence-electron chi connectivity index (χ2n) is 8.71. The van der Waals surface area contributed by atoms with Crippen molar-refractivity contribution in [2.24, 2.45) is 5.41 Å². The summed E-state index contributed by atoms with van der Waals surface area (Å²) in [6, 6.07) is 23.0. The summed E-state index contributed by atoms with van der Waals surface area (Å²) in [7, 11) is 0. The first kappa shape index (κ1) is 19.0. The molecule has 3 aromatic rings. The van der Waals surface area contributed by atoms with Gasteiger partial charge < -0.3 is 14.2 Å². The zero-order valence-corrected chi connectivity index (χ0v) is 17.3. The van der Waals surface area contributed by atoms with Gasteiger partial charge in [-0.05, 0) is 66.5 Å². The Morgan fingerprint density at radius 1 is 0.833 bits per heavy atom. The van der Waals surface area contributed by atoms with Crippen molar-refractivity contribution >= 4 is 11.6 Å². The van der Waals surface area contributed by atoms with Gasteiger partial charge in [0.2, 0.25) is 0 Å². The molecule has 0 radical (unpaired) electrons. The molecule has 0 saturated carbocycles. The molecular weight excluding hydrogens is 372 g/mol. The summed E-state index contributed by atoms with van der Waals surface area (Å²) in [5, 5.41) is 0. The number of anilines is 1. The van der Waals surface area contributed by atoms with Crippen molar-refractivity contribution in [1.29, 1.82) is 0 Å². The van der Waals surface area contributed by atoms with Crippen LogP contribution in [0.1, 0.15) is 36.2 Å². The number of piperidine rings is 2. The monoisotopic (exact) mass is 400 g/mol. The van der Waals surface area contributed by atoms with Crippen molar-refractivity contribution in [3.63, 3.8) is 0 Å². The molecule has 30 heavy (non-hydrogen) atoms. The lowest BCUT2D eigenvalue weighted by Gasteiger charge is -2.48. The SMILES string of the molecule is O=C(c1ccco1)N1CCC2(CCCN(c3cccc(-c4ccccc4)c3)C2)CC1. The maximum absolute atomic E-state index is 12.6. The molecule has 0 aliphatic carbocycles. The number of hydrogen-bond donors (Lipinski definition) is 0. The van der Waals surface area contributed by atoms with E-state index in [1.807, 2.05) is 4.90 Å². The molecule has 2 fully saturated rings. The summed E-state index contributed by atoms with van der Waals surface area (Å²) in [6.07, 6.45) is 6.16. The first-order valence-electron chi connectivity index (χ1n) is 11.0. The third-order valence-corrected chi connectivity index (χ3v) is 6.82. The van der Waals surface area contributed by atoms with Crippen LogP contribution in [0.3, 0.4) is 0 Å². The molecule has 2 aliphatic rings. The fourth-order valence-electron chi connectivity index (χ4n) is 5.09. The van der Waals surface area contributed by atoms with E-state index in [2.05, 4.69) is 59.5 Å². The Morgan fingerprint density at radius 2 is 1.63 bits per heavy atom. The minimum absolute atomic E-state index is 0.0260. The van der Waals surface area contributed by atoms with E-state index in [1.165, 1.54) is 29.7 Å². The number of carbonyl (C=O) groups excluding carboxylic acids is 1. The third-order valence-electron chi connectivity index (χ3n) is 6.82. The summed E-state index contributed by atoms with van der Waals surface area (Å²) in [6.45, 7) is 3.82. The van der Waals surface area contributed by atoms with Gasteiger partial charge in [-0.1, -0.05) is 42.5 Å². The van der Waals surface area contributed by atoms with Crippen LogP contribution < -0.4 is 4.90 Å². The molecule has 0 N–H and O–H groups in total. The Morgan fingerprint density at radius 3 is 2.40 bits per heavy atom. The average molecular weight is 401 g/mol. The standard InChI is InChI=1S/C26H28N2O2/c29-25(24-11-5-18-30-24)27-16-13-26(14-17-27)12-6-15-28(20-26)23-10-4-9-22(19-23)21-7-2-1-3-8-21/h1-5,7-11,18-19H,6,12-17,20H2. The summed E-state index contributed by atoms with van der Waals surface area (Å²) in [5.41, 5.74) is 4.15. The molecule has 4 heteroatoms. The summed E-state index contributed by atoms with van der Waals surface area (Å²) in [5.74, 6) is 0.479. The van der Waals surface area contributed by atoms with Crippen molar-refractivity contribution in [2.45, 2.75) is 25.7 Å². The molecule has 154 valence electrons. The molecule has 0 atom stereocenters. The number of rotatable bonds is 3. The van der Waals surface area contributed by atoms with Gasteiger partial charge in [0.25, 0.3) is 5.91 Å². The van der Waals surface area contributed by atoms with Crippen molar-refractivity contribution < 1.29 is 9.21 Å². The lowest BCUT2D eigenvalue weighted by Crippen LogP contribution is -2.50. The number of nitrogens with zero attached hydrogens (tertiary/aromatic N) is 2. The maximum Gasteiger partial charge on any atom is 0.289 e. The molecule has 0 unspecified atom stereocenters. The number of hydrogen-bond acceptors (Lipinski definition) is 3. The van der Waals surface area contributed by atoms with Crippen molar-refractivity contribution in [3.05, 3.63) is 78.8 Å². The zero-order valence-electron chi connectivity index (χ0n) is 17.3. The molecular formula is C26H28N2O2. The Balaban J connectivity index is 1.28. The molecule has 1 aromatic heterocycles. The molecule has 5 rings (SSSR count). The van der Waals surface area contributed by atoms with Crippen LogP contribution >= 0.6 is 0 Å². The van der Waals surface area contributed by atoms with E-state index in [0.717, 1.165) is 39.0 Å². The van der Waals surface area contributed by atoms with E-state index in [9.17, 15) is 4.79 Å². The Kier molecular flexibility index (Phi) is 5.07. The topological polar surface area (TPSA) is 36.7 Å². The van der Waals surface area contributed by atoms with Crippen LogP contribution in [0.25, 0.3) is 11.1 Å². The van der Waals surface area contributed by atoms with Gasteiger partial charge in [0.05, 0.1) is 6.26 Å². The number of amides is 1. The van der Waals surface area contributed by atoms with Gasteiger partial charge in [-0.3, -0.25) is 4.79 Å². The maximum atomic E-state index is 12.6. The van der Waals surface area contributed by atoms with Gasteiger partial charge in [-0.2, -0.15) is 0 Å². The highest BCUT2D eigenvalue weighted by Gasteiger charge is 2.39. The molecule has 1 amide bonds. The second-order valence-corrected chi connectivity index (χ2v) is 8.71. The number of likely N-dealkylation sites (tertiary alicyclic amines) is 1. The van der Waals surface area contributed by atoms with E-state index in [0.29, 0.717) is 11.2 Å². The largest absolute Gasteiger partial charge is 0.459 e. The van der Waals surface area contributed by atoms with Crippen molar-refractivity contribution in [2.75, 3.05) is 31.1 Å². The average Bonchev–Trinajstić information content (AvgIpc) is 3.35. The summed E-state index contributed by atoms with van der Waals surface area (Å²) < 4.78 is 5.31. The van der Waals surface area contributed by atoms with Gasteiger partial charge in [0.15, 0.2) is 5.76 Å².